The predicted molar refractivity (Wildman–Crippen MR) is 136 cm³/mol. The first kappa shape index (κ1) is 23.4. The van der Waals surface area contributed by atoms with Crippen molar-refractivity contribution >= 4 is 35.0 Å². The van der Waals surface area contributed by atoms with Gasteiger partial charge in [0.1, 0.15) is 5.75 Å². The zero-order valence-corrected chi connectivity index (χ0v) is 20.3. The number of carboxylic acids is 1. The summed E-state index contributed by atoms with van der Waals surface area (Å²) in [5, 5.41) is 13.1. The second-order valence-corrected chi connectivity index (χ2v) is 9.27. The van der Waals surface area contributed by atoms with Crippen molar-refractivity contribution in [1.29, 1.82) is 0 Å². The molecule has 3 aliphatic rings. The van der Waals surface area contributed by atoms with Gasteiger partial charge in [-0.2, -0.15) is 0 Å². The van der Waals surface area contributed by atoms with Crippen LogP contribution in [-0.2, 0) is 4.74 Å². The molecule has 2 atom stereocenters. The van der Waals surface area contributed by atoms with E-state index >= 15 is 0 Å². The van der Waals surface area contributed by atoms with E-state index in [9.17, 15) is 9.90 Å². The van der Waals surface area contributed by atoms with Crippen LogP contribution < -0.4 is 15.0 Å². The molecular formula is C26H27ClN4O4. The van der Waals surface area contributed by atoms with Crippen molar-refractivity contribution in [1.82, 2.24) is 5.32 Å². The molecule has 8 nitrogen and oxygen atoms in total. The number of anilines is 1. The summed E-state index contributed by atoms with van der Waals surface area (Å²) in [6, 6.07) is 13.2. The standard InChI is InChI=1S/C26H27ClN4O4/c1-15-3-8-19(13-20(15)25(32)33)35-26-28-22-14-21(27)23(29-24(22)30-26)16-4-6-17(7-5-16)31-11-9-18(34-2)10-12-31/h3-8,13-14,18,22,24H,9-12H2,1-2H3,(H,28,30)(H,32,33). The molecule has 2 N–H and O–H groups in total. The molecule has 3 aliphatic heterocycles. The fourth-order valence-electron chi connectivity index (χ4n) is 4.58. The Morgan fingerprint density at radius 3 is 2.57 bits per heavy atom. The van der Waals surface area contributed by atoms with Gasteiger partial charge in [0.2, 0.25) is 0 Å². The van der Waals surface area contributed by atoms with E-state index in [1.54, 1.807) is 26.2 Å². The molecule has 1 fully saturated rings. The van der Waals surface area contributed by atoms with Crippen LogP contribution >= 0.6 is 11.6 Å². The highest BCUT2D eigenvalue weighted by molar-refractivity contribution is 6.46. The number of rotatable bonds is 5. The Labute approximate surface area is 208 Å². The van der Waals surface area contributed by atoms with Gasteiger partial charge in [-0.3, -0.25) is 4.99 Å². The fourth-order valence-corrected chi connectivity index (χ4v) is 4.87. The molecule has 0 aliphatic carbocycles. The van der Waals surface area contributed by atoms with E-state index in [0.29, 0.717) is 28.2 Å². The number of aromatic carboxylic acids is 1. The quantitative estimate of drug-likeness (QED) is 0.653. The number of dihydropyridines is 1. The van der Waals surface area contributed by atoms with Gasteiger partial charge in [0.15, 0.2) is 6.17 Å². The van der Waals surface area contributed by atoms with Crippen LogP contribution in [0.3, 0.4) is 0 Å². The number of hydrogen-bond acceptors (Lipinski definition) is 7. The second-order valence-electron chi connectivity index (χ2n) is 8.86. The summed E-state index contributed by atoms with van der Waals surface area (Å²) in [5.41, 5.74) is 3.64. The Morgan fingerprint density at radius 1 is 1.14 bits per heavy atom. The first-order valence-electron chi connectivity index (χ1n) is 11.6. The lowest BCUT2D eigenvalue weighted by molar-refractivity contribution is 0.0695. The number of benzene rings is 2. The highest BCUT2D eigenvalue weighted by Crippen LogP contribution is 2.28. The molecule has 0 bridgehead atoms. The first-order valence-corrected chi connectivity index (χ1v) is 12.0. The summed E-state index contributed by atoms with van der Waals surface area (Å²) >= 11 is 6.59. The number of piperidine rings is 1. The molecule has 0 aromatic heterocycles. The molecule has 3 heterocycles. The minimum atomic E-state index is -1.00. The number of amidine groups is 1. The summed E-state index contributed by atoms with van der Waals surface area (Å²) in [7, 11) is 1.78. The number of nitrogens with one attached hydrogen (secondary N) is 1. The Bertz CT molecular complexity index is 1220. The topological polar surface area (TPSA) is 95.8 Å². The molecule has 9 heteroatoms. The number of carbonyl (C=O) groups is 1. The van der Waals surface area contributed by atoms with Crippen molar-refractivity contribution in [3.63, 3.8) is 0 Å². The maximum absolute atomic E-state index is 11.4. The highest BCUT2D eigenvalue weighted by Gasteiger charge is 2.33. The Morgan fingerprint density at radius 2 is 1.89 bits per heavy atom. The van der Waals surface area contributed by atoms with Crippen molar-refractivity contribution in [3.8, 4) is 5.75 Å². The zero-order chi connectivity index (χ0) is 24.5. The molecule has 2 unspecified atom stereocenters. The van der Waals surface area contributed by atoms with Crippen LogP contribution in [-0.4, -0.2) is 61.3 Å². The van der Waals surface area contributed by atoms with Crippen LogP contribution in [0.2, 0.25) is 0 Å². The monoisotopic (exact) mass is 494 g/mol. The van der Waals surface area contributed by atoms with Crippen molar-refractivity contribution in [2.24, 2.45) is 9.98 Å². The number of halogens is 1. The van der Waals surface area contributed by atoms with Crippen molar-refractivity contribution < 1.29 is 19.4 Å². The molecule has 1 saturated heterocycles. The molecule has 182 valence electrons. The van der Waals surface area contributed by atoms with Gasteiger partial charge >= 0.3 is 5.97 Å². The maximum atomic E-state index is 11.4. The van der Waals surface area contributed by atoms with Crippen LogP contribution in [0, 0.1) is 6.92 Å². The van der Waals surface area contributed by atoms with Gasteiger partial charge in [-0.05, 0) is 55.7 Å². The molecule has 0 spiro atoms. The molecule has 5 rings (SSSR count). The lowest BCUT2D eigenvalue weighted by atomic mass is 10.0. The molecule has 0 amide bonds. The normalized spacial score (nSPS) is 22.0. The molecule has 0 saturated carbocycles. The number of fused-ring (bicyclic) bond motifs is 1. The number of hydrogen-bond donors (Lipinski definition) is 2. The van der Waals surface area contributed by atoms with Crippen LogP contribution in [0.25, 0.3) is 0 Å². The number of aliphatic imine (C=N–C) groups is 2. The third kappa shape index (κ3) is 4.90. The molecular weight excluding hydrogens is 468 g/mol. The third-order valence-corrected chi connectivity index (χ3v) is 6.91. The maximum Gasteiger partial charge on any atom is 0.336 e. The van der Waals surface area contributed by atoms with Gasteiger partial charge in [0.25, 0.3) is 6.02 Å². The molecule has 35 heavy (non-hydrogen) atoms. The van der Waals surface area contributed by atoms with Gasteiger partial charge in [0, 0.05) is 31.5 Å². The highest BCUT2D eigenvalue weighted by atomic mass is 35.5. The second kappa shape index (κ2) is 9.71. The minimum Gasteiger partial charge on any atom is -0.478 e. The van der Waals surface area contributed by atoms with Gasteiger partial charge in [-0.1, -0.05) is 29.8 Å². The predicted octanol–water partition coefficient (Wildman–Crippen LogP) is 3.97. The van der Waals surface area contributed by atoms with E-state index in [-0.39, 0.29) is 17.6 Å². The molecule has 2 aromatic rings. The number of aryl methyl sites for hydroxylation is 1. The van der Waals surface area contributed by atoms with E-state index in [2.05, 4.69) is 27.3 Å². The number of carboxylic acid groups (broad SMARTS) is 1. The Balaban J connectivity index is 1.30. The molecule has 0 radical (unpaired) electrons. The summed E-state index contributed by atoms with van der Waals surface area (Å²) in [4.78, 5) is 23.1. The van der Waals surface area contributed by atoms with Crippen LogP contribution in [0.4, 0.5) is 5.69 Å². The average molecular weight is 495 g/mol. The van der Waals surface area contributed by atoms with Crippen molar-refractivity contribution in [2.45, 2.75) is 38.1 Å². The fraction of sp³-hybridized carbons (Fsp3) is 0.346. The van der Waals surface area contributed by atoms with Crippen molar-refractivity contribution in [2.75, 3.05) is 25.1 Å². The number of ether oxygens (including phenoxy) is 2. The smallest absolute Gasteiger partial charge is 0.336 e. The number of methoxy groups -OCH3 is 1. The van der Waals surface area contributed by atoms with E-state index in [0.717, 1.165) is 31.5 Å². The lowest BCUT2D eigenvalue weighted by Gasteiger charge is -2.33. The number of allylic oxidation sites excluding steroid dienone is 1. The SMILES string of the molecule is COC1CCN(c2ccc(C3=NC4N=C(Oc5ccc(C)c(C(=O)O)c5)NC4C=C3Cl)cc2)CC1. The van der Waals surface area contributed by atoms with E-state index in [4.69, 9.17) is 26.1 Å². The Kier molecular flexibility index (Phi) is 6.49. The van der Waals surface area contributed by atoms with Gasteiger partial charge in [0.05, 0.1) is 28.5 Å². The lowest BCUT2D eigenvalue weighted by Crippen LogP contribution is -2.37. The van der Waals surface area contributed by atoms with Crippen molar-refractivity contribution in [3.05, 3.63) is 70.3 Å². The number of nitrogens with zero attached hydrogens (tertiary/aromatic N) is 3. The zero-order valence-electron chi connectivity index (χ0n) is 19.6. The van der Waals surface area contributed by atoms with Crippen LogP contribution in [0.15, 0.2) is 63.6 Å². The largest absolute Gasteiger partial charge is 0.478 e. The van der Waals surface area contributed by atoms with E-state index in [1.807, 2.05) is 18.2 Å². The minimum absolute atomic E-state index is 0.188. The van der Waals surface area contributed by atoms with Crippen LogP contribution in [0.5, 0.6) is 5.75 Å². The average Bonchev–Trinajstić information content (AvgIpc) is 3.25. The third-order valence-electron chi connectivity index (χ3n) is 6.61. The van der Waals surface area contributed by atoms with Gasteiger partial charge < -0.3 is 24.8 Å². The summed E-state index contributed by atoms with van der Waals surface area (Å²) < 4.78 is 11.3. The first-order chi connectivity index (χ1) is 16.9. The molecule has 2 aromatic carbocycles. The van der Waals surface area contributed by atoms with Gasteiger partial charge in [-0.25, -0.2) is 9.79 Å². The summed E-state index contributed by atoms with van der Waals surface area (Å²) in [6.07, 6.45) is 3.87. The van der Waals surface area contributed by atoms with Crippen LogP contribution in [0.1, 0.15) is 34.3 Å². The summed E-state index contributed by atoms with van der Waals surface area (Å²) in [5.74, 6) is -0.611. The van der Waals surface area contributed by atoms with E-state index < -0.39 is 12.1 Å². The summed E-state index contributed by atoms with van der Waals surface area (Å²) in [6.45, 7) is 3.69. The Hall–Kier alpha value is -3.36. The van der Waals surface area contributed by atoms with E-state index in [1.165, 1.54) is 11.8 Å². The van der Waals surface area contributed by atoms with Gasteiger partial charge in [-0.15, -0.1) is 0 Å².